The Morgan fingerprint density at radius 2 is 1.60 bits per heavy atom. The topological polar surface area (TPSA) is 98.3 Å². The molecule has 7 nitrogen and oxygen atoms in total. The Morgan fingerprint density at radius 3 is 2.36 bits per heavy atom. The van der Waals surface area contributed by atoms with E-state index in [0.29, 0.717) is 11.3 Å². The second-order valence-corrected chi connectivity index (χ2v) is 6.29. The molecule has 0 radical (unpaired) electrons. The highest BCUT2D eigenvalue weighted by atomic mass is 16.6. The minimum Gasteiger partial charge on any atom is -0.372 e. The Labute approximate surface area is 143 Å². The summed E-state index contributed by atoms with van der Waals surface area (Å²) in [5.74, 6) is 0.108. The van der Waals surface area contributed by atoms with E-state index in [4.69, 9.17) is 0 Å². The zero-order chi connectivity index (χ0) is 17.6. The molecule has 0 spiro atoms. The highest BCUT2D eigenvalue weighted by molar-refractivity contribution is 5.71. The van der Waals surface area contributed by atoms with Crippen molar-refractivity contribution in [3.63, 3.8) is 0 Å². The van der Waals surface area contributed by atoms with Crippen LogP contribution in [0.5, 0.6) is 0 Å². The van der Waals surface area contributed by atoms with Crippen LogP contribution in [0.3, 0.4) is 0 Å². The maximum atomic E-state index is 11.4. The van der Waals surface area contributed by atoms with Gasteiger partial charge in [-0.25, -0.2) is 0 Å². The molecule has 3 atom stereocenters. The molecule has 2 aromatic carbocycles. The van der Waals surface area contributed by atoms with Gasteiger partial charge in [0.05, 0.1) is 21.5 Å². The zero-order valence-electron chi connectivity index (χ0n) is 13.2. The van der Waals surface area contributed by atoms with Crippen LogP contribution in [0.1, 0.15) is 29.5 Å². The van der Waals surface area contributed by atoms with Gasteiger partial charge in [0, 0.05) is 18.1 Å². The number of hydrogen-bond donors (Lipinski definition) is 1. The van der Waals surface area contributed by atoms with E-state index >= 15 is 0 Å². The molecule has 1 aliphatic carbocycles. The van der Waals surface area contributed by atoms with Crippen molar-refractivity contribution < 1.29 is 9.85 Å². The largest absolute Gasteiger partial charge is 0.372 e. The van der Waals surface area contributed by atoms with E-state index in [1.165, 1.54) is 12.1 Å². The first kappa shape index (κ1) is 15.3. The van der Waals surface area contributed by atoms with E-state index in [2.05, 4.69) is 11.4 Å². The van der Waals surface area contributed by atoms with Crippen LogP contribution in [0.25, 0.3) is 0 Å². The first-order chi connectivity index (χ1) is 12.1. The number of nitrogens with zero attached hydrogens (tertiary/aromatic N) is 2. The van der Waals surface area contributed by atoms with Gasteiger partial charge < -0.3 is 5.32 Å². The summed E-state index contributed by atoms with van der Waals surface area (Å²) in [5, 5.41) is 26.1. The predicted molar refractivity (Wildman–Crippen MR) is 92.5 cm³/mol. The molecule has 25 heavy (non-hydrogen) atoms. The van der Waals surface area contributed by atoms with Gasteiger partial charge in [-0.3, -0.25) is 20.2 Å². The molecule has 0 saturated heterocycles. The number of nitrogens with one attached hydrogen (secondary N) is 1. The lowest BCUT2D eigenvalue weighted by atomic mass is 9.76. The highest BCUT2D eigenvalue weighted by Crippen LogP contribution is 2.52. The summed E-state index contributed by atoms with van der Waals surface area (Å²) in [6.07, 6.45) is 4.87. The van der Waals surface area contributed by atoms with Crippen molar-refractivity contribution in [1.82, 2.24) is 0 Å². The van der Waals surface area contributed by atoms with Crippen LogP contribution >= 0.6 is 0 Å². The highest BCUT2D eigenvalue weighted by Gasteiger charge is 2.42. The molecule has 0 fully saturated rings. The predicted octanol–water partition coefficient (Wildman–Crippen LogP) is 4.33. The lowest BCUT2D eigenvalue weighted by Crippen LogP contribution is -2.30. The molecule has 0 bridgehead atoms. The van der Waals surface area contributed by atoms with Crippen LogP contribution in [0.2, 0.25) is 0 Å². The summed E-state index contributed by atoms with van der Waals surface area (Å²) in [6.45, 7) is 0. The molecule has 126 valence electrons. The Bertz CT molecular complexity index is 909. The van der Waals surface area contributed by atoms with E-state index in [9.17, 15) is 20.2 Å². The Morgan fingerprint density at radius 1 is 0.920 bits per heavy atom. The van der Waals surface area contributed by atoms with Crippen molar-refractivity contribution >= 4 is 17.1 Å². The SMILES string of the molecule is O=[N+]([O-])c1ccccc1[C@@H]1Nc2c(cccc2[N+](=O)[O-])[C@@H]2C=CC[C@@H]21. The molecule has 7 heteroatoms. The van der Waals surface area contributed by atoms with Gasteiger partial charge in [-0.15, -0.1) is 0 Å². The van der Waals surface area contributed by atoms with Crippen LogP contribution in [0, 0.1) is 26.1 Å². The number of fused-ring (bicyclic) bond motifs is 3. The van der Waals surface area contributed by atoms with Gasteiger partial charge in [0.15, 0.2) is 0 Å². The van der Waals surface area contributed by atoms with Crippen molar-refractivity contribution in [2.45, 2.75) is 18.4 Å². The van der Waals surface area contributed by atoms with Gasteiger partial charge in [-0.05, 0) is 17.9 Å². The van der Waals surface area contributed by atoms with Crippen molar-refractivity contribution in [3.05, 3.63) is 86.0 Å². The second-order valence-electron chi connectivity index (χ2n) is 6.29. The number of benzene rings is 2. The van der Waals surface area contributed by atoms with Crippen LogP contribution in [0.15, 0.2) is 54.6 Å². The smallest absolute Gasteiger partial charge is 0.292 e. The van der Waals surface area contributed by atoms with Crippen LogP contribution in [0.4, 0.5) is 17.1 Å². The average Bonchev–Trinajstić information content (AvgIpc) is 3.10. The van der Waals surface area contributed by atoms with E-state index in [1.54, 1.807) is 24.3 Å². The molecular weight excluding hydrogens is 322 g/mol. The Hall–Kier alpha value is -3.22. The number of para-hydroxylation sites is 2. The van der Waals surface area contributed by atoms with E-state index in [1.807, 2.05) is 12.1 Å². The quantitative estimate of drug-likeness (QED) is 0.510. The minimum absolute atomic E-state index is 0.000154. The normalized spacial score (nSPS) is 23.4. The van der Waals surface area contributed by atoms with Gasteiger partial charge in [0.25, 0.3) is 11.4 Å². The fourth-order valence-electron chi connectivity index (χ4n) is 3.98. The van der Waals surface area contributed by atoms with Crippen LogP contribution < -0.4 is 5.32 Å². The van der Waals surface area contributed by atoms with E-state index in [-0.39, 0.29) is 29.3 Å². The molecule has 1 aliphatic heterocycles. The third-order valence-corrected chi connectivity index (χ3v) is 5.04. The molecule has 0 amide bonds. The summed E-state index contributed by atoms with van der Waals surface area (Å²) in [7, 11) is 0. The van der Waals surface area contributed by atoms with Gasteiger partial charge in [-0.1, -0.05) is 42.5 Å². The summed E-state index contributed by atoms with van der Waals surface area (Å²) >= 11 is 0. The number of allylic oxidation sites excluding steroid dienone is 2. The molecule has 1 N–H and O–H groups in total. The van der Waals surface area contributed by atoms with Crippen LogP contribution in [-0.4, -0.2) is 9.85 Å². The van der Waals surface area contributed by atoms with Crippen LogP contribution in [-0.2, 0) is 0 Å². The molecule has 0 saturated carbocycles. The minimum atomic E-state index is -0.415. The van der Waals surface area contributed by atoms with E-state index < -0.39 is 9.85 Å². The molecule has 0 aromatic heterocycles. The van der Waals surface area contributed by atoms with Gasteiger partial charge >= 0.3 is 0 Å². The number of nitro groups is 2. The number of anilines is 1. The van der Waals surface area contributed by atoms with Gasteiger partial charge in [-0.2, -0.15) is 0 Å². The fourth-order valence-corrected chi connectivity index (χ4v) is 3.98. The molecule has 4 rings (SSSR count). The van der Waals surface area contributed by atoms with Crippen molar-refractivity contribution in [3.8, 4) is 0 Å². The van der Waals surface area contributed by atoms with Gasteiger partial charge in [0.1, 0.15) is 5.69 Å². The fraction of sp³-hybridized carbons (Fsp3) is 0.222. The van der Waals surface area contributed by atoms with Crippen molar-refractivity contribution in [2.24, 2.45) is 5.92 Å². The maximum absolute atomic E-state index is 11.4. The van der Waals surface area contributed by atoms with Crippen molar-refractivity contribution in [2.75, 3.05) is 5.32 Å². The third-order valence-electron chi connectivity index (χ3n) is 5.04. The first-order valence-electron chi connectivity index (χ1n) is 8.01. The maximum Gasteiger partial charge on any atom is 0.292 e. The summed E-state index contributed by atoms with van der Waals surface area (Å²) in [4.78, 5) is 22.0. The molecule has 1 heterocycles. The summed E-state index contributed by atoms with van der Waals surface area (Å²) in [5.41, 5.74) is 1.94. The zero-order valence-corrected chi connectivity index (χ0v) is 13.2. The monoisotopic (exact) mass is 337 g/mol. The average molecular weight is 337 g/mol. The standard InChI is InChI=1S/C18H15N3O4/c22-20(23)15-9-2-1-5-14(15)17-12-7-3-6-11(12)13-8-4-10-16(21(24)25)18(13)19-17/h1-6,8-12,17,19H,7H2/t11-,12+,17-/m1/s1. The molecular formula is C18H15N3O4. The van der Waals surface area contributed by atoms with E-state index in [0.717, 1.165) is 12.0 Å². The lowest BCUT2D eigenvalue weighted by Gasteiger charge is -2.36. The molecule has 2 aliphatic rings. The Balaban J connectivity index is 1.88. The van der Waals surface area contributed by atoms with Crippen molar-refractivity contribution in [1.29, 1.82) is 0 Å². The second kappa shape index (κ2) is 5.70. The lowest BCUT2D eigenvalue weighted by molar-refractivity contribution is -0.386. The van der Waals surface area contributed by atoms with Gasteiger partial charge in [0.2, 0.25) is 0 Å². The summed E-state index contributed by atoms with van der Waals surface area (Å²) < 4.78 is 0. The number of hydrogen-bond acceptors (Lipinski definition) is 5. The Kier molecular flexibility index (Phi) is 3.49. The number of nitro benzene ring substituents is 2. The molecule has 0 unspecified atom stereocenters. The first-order valence-corrected chi connectivity index (χ1v) is 8.01. The number of rotatable bonds is 3. The third kappa shape index (κ3) is 2.36. The summed E-state index contributed by atoms with van der Waals surface area (Å²) in [6, 6.07) is 11.3. The molecule has 2 aromatic rings.